The maximum Gasteiger partial charge on any atom is 0.255 e. The van der Waals surface area contributed by atoms with Crippen LogP contribution in [0.25, 0.3) is 0 Å². The first-order valence-corrected chi connectivity index (χ1v) is 6.76. The van der Waals surface area contributed by atoms with E-state index in [1.807, 2.05) is 24.3 Å². The van der Waals surface area contributed by atoms with Crippen molar-refractivity contribution in [3.05, 3.63) is 59.4 Å². The van der Waals surface area contributed by atoms with E-state index in [1.54, 1.807) is 0 Å². The van der Waals surface area contributed by atoms with E-state index in [1.165, 1.54) is 25.3 Å². The number of carbonyl (C=O) groups excluding carboxylic acids is 1. The lowest BCUT2D eigenvalue weighted by Crippen LogP contribution is -2.12. The van der Waals surface area contributed by atoms with Crippen LogP contribution in [-0.2, 0) is 0 Å². The molecule has 110 valence electrons. The molecule has 2 aromatic rings. The van der Waals surface area contributed by atoms with Crippen molar-refractivity contribution in [2.45, 2.75) is 19.8 Å². The van der Waals surface area contributed by atoms with Crippen LogP contribution in [0.4, 0.5) is 10.1 Å². The first kappa shape index (κ1) is 15.0. The number of carbonyl (C=O) groups is 1. The van der Waals surface area contributed by atoms with Gasteiger partial charge in [-0.15, -0.1) is 0 Å². The van der Waals surface area contributed by atoms with E-state index in [2.05, 4.69) is 19.2 Å². The van der Waals surface area contributed by atoms with Crippen LogP contribution in [0.2, 0.25) is 0 Å². The minimum Gasteiger partial charge on any atom is -0.494 e. The van der Waals surface area contributed by atoms with E-state index in [0.717, 1.165) is 5.56 Å². The molecular weight excluding hydrogens is 269 g/mol. The van der Waals surface area contributed by atoms with Crippen molar-refractivity contribution < 1.29 is 13.9 Å². The van der Waals surface area contributed by atoms with Crippen molar-refractivity contribution in [1.82, 2.24) is 0 Å². The van der Waals surface area contributed by atoms with Crippen molar-refractivity contribution in [2.75, 3.05) is 12.4 Å². The molecule has 0 radical (unpaired) electrons. The molecule has 0 saturated carbocycles. The third-order valence-corrected chi connectivity index (χ3v) is 3.23. The maximum absolute atomic E-state index is 13.6. The molecule has 0 spiro atoms. The van der Waals surface area contributed by atoms with Gasteiger partial charge in [-0.1, -0.05) is 26.0 Å². The Morgan fingerprint density at radius 2 is 1.95 bits per heavy atom. The molecule has 2 rings (SSSR count). The second-order valence-corrected chi connectivity index (χ2v) is 5.08. The van der Waals surface area contributed by atoms with Gasteiger partial charge in [0.05, 0.1) is 7.11 Å². The Labute approximate surface area is 123 Å². The zero-order valence-electron chi connectivity index (χ0n) is 12.3. The van der Waals surface area contributed by atoms with Gasteiger partial charge >= 0.3 is 0 Å². The molecule has 0 aromatic heterocycles. The first-order chi connectivity index (χ1) is 10.0. The van der Waals surface area contributed by atoms with Gasteiger partial charge in [0.1, 0.15) is 0 Å². The lowest BCUT2D eigenvalue weighted by Gasteiger charge is -2.10. The quantitative estimate of drug-likeness (QED) is 0.914. The minimum absolute atomic E-state index is 0.119. The molecular formula is C17H18FNO2. The van der Waals surface area contributed by atoms with Gasteiger partial charge in [-0.05, 0) is 41.8 Å². The van der Waals surface area contributed by atoms with Crippen molar-refractivity contribution in [2.24, 2.45) is 0 Å². The van der Waals surface area contributed by atoms with Crippen LogP contribution in [0.15, 0.2) is 42.5 Å². The number of nitrogens with one attached hydrogen (secondary N) is 1. The summed E-state index contributed by atoms with van der Waals surface area (Å²) in [5, 5.41) is 2.77. The predicted octanol–water partition coefficient (Wildman–Crippen LogP) is 4.21. The summed E-state index contributed by atoms with van der Waals surface area (Å²) >= 11 is 0. The molecule has 0 aliphatic carbocycles. The van der Waals surface area contributed by atoms with Gasteiger partial charge < -0.3 is 10.1 Å². The van der Waals surface area contributed by atoms with Gasteiger partial charge in [0.15, 0.2) is 11.6 Å². The molecule has 3 nitrogen and oxygen atoms in total. The van der Waals surface area contributed by atoms with E-state index < -0.39 is 5.82 Å². The molecule has 0 aliphatic rings. The Hall–Kier alpha value is -2.36. The maximum atomic E-state index is 13.6. The summed E-state index contributed by atoms with van der Waals surface area (Å²) in [5.41, 5.74) is 2.08. The van der Waals surface area contributed by atoms with E-state index in [4.69, 9.17) is 4.74 Å². The SMILES string of the molecule is COc1ccc(C(=O)Nc2cccc(C(C)C)c2)cc1F. The molecule has 0 saturated heterocycles. The van der Waals surface area contributed by atoms with Crippen LogP contribution in [0.5, 0.6) is 5.75 Å². The number of hydrogen-bond donors (Lipinski definition) is 1. The lowest BCUT2D eigenvalue weighted by molar-refractivity contribution is 0.102. The second-order valence-electron chi connectivity index (χ2n) is 5.08. The molecule has 0 fully saturated rings. The second kappa shape index (κ2) is 6.39. The average Bonchev–Trinajstić information content (AvgIpc) is 2.47. The highest BCUT2D eigenvalue weighted by Crippen LogP contribution is 2.21. The van der Waals surface area contributed by atoms with Crippen molar-refractivity contribution in [1.29, 1.82) is 0 Å². The highest BCUT2D eigenvalue weighted by atomic mass is 19.1. The fourth-order valence-electron chi connectivity index (χ4n) is 1.99. The van der Waals surface area contributed by atoms with E-state index in [0.29, 0.717) is 11.6 Å². The van der Waals surface area contributed by atoms with Gasteiger partial charge in [0.2, 0.25) is 0 Å². The number of methoxy groups -OCH3 is 1. The monoisotopic (exact) mass is 287 g/mol. The van der Waals surface area contributed by atoms with E-state index in [9.17, 15) is 9.18 Å². The fourth-order valence-corrected chi connectivity index (χ4v) is 1.99. The third kappa shape index (κ3) is 3.60. The van der Waals surface area contributed by atoms with Gasteiger partial charge in [-0.3, -0.25) is 4.79 Å². The van der Waals surface area contributed by atoms with Gasteiger partial charge in [0, 0.05) is 11.3 Å². The molecule has 0 bridgehead atoms. The highest BCUT2D eigenvalue weighted by molar-refractivity contribution is 6.04. The summed E-state index contributed by atoms with van der Waals surface area (Å²) in [5.74, 6) is -0.410. The minimum atomic E-state index is -0.555. The van der Waals surface area contributed by atoms with Crippen LogP contribution in [0, 0.1) is 5.82 Å². The lowest BCUT2D eigenvalue weighted by atomic mass is 10.0. The molecule has 0 atom stereocenters. The zero-order chi connectivity index (χ0) is 15.4. The Morgan fingerprint density at radius 3 is 2.57 bits per heavy atom. The molecule has 1 amide bonds. The van der Waals surface area contributed by atoms with Gasteiger partial charge in [0.25, 0.3) is 5.91 Å². The van der Waals surface area contributed by atoms with Crippen LogP contribution >= 0.6 is 0 Å². The molecule has 0 unspecified atom stereocenters. The number of benzene rings is 2. The number of hydrogen-bond acceptors (Lipinski definition) is 2. The number of rotatable bonds is 4. The highest BCUT2D eigenvalue weighted by Gasteiger charge is 2.11. The topological polar surface area (TPSA) is 38.3 Å². The summed E-state index contributed by atoms with van der Waals surface area (Å²) in [4.78, 5) is 12.1. The summed E-state index contributed by atoms with van der Waals surface area (Å²) in [6.45, 7) is 4.17. The summed E-state index contributed by atoms with van der Waals surface area (Å²) in [7, 11) is 1.38. The number of anilines is 1. The smallest absolute Gasteiger partial charge is 0.255 e. The summed E-state index contributed by atoms with van der Waals surface area (Å²) in [6, 6.07) is 11.8. The largest absolute Gasteiger partial charge is 0.494 e. The van der Waals surface area contributed by atoms with Crippen molar-refractivity contribution in [3.63, 3.8) is 0 Å². The van der Waals surface area contributed by atoms with Crippen molar-refractivity contribution in [3.8, 4) is 5.75 Å². The molecule has 0 heterocycles. The van der Waals surface area contributed by atoms with Gasteiger partial charge in [-0.2, -0.15) is 0 Å². The van der Waals surface area contributed by atoms with E-state index in [-0.39, 0.29) is 17.2 Å². The molecule has 4 heteroatoms. The molecule has 2 aromatic carbocycles. The third-order valence-electron chi connectivity index (χ3n) is 3.23. The standard InChI is InChI=1S/C17H18FNO2/c1-11(2)12-5-4-6-14(9-12)19-17(20)13-7-8-16(21-3)15(18)10-13/h4-11H,1-3H3,(H,19,20). The Balaban J connectivity index is 2.18. The number of ether oxygens (including phenoxy) is 1. The fraction of sp³-hybridized carbons (Fsp3) is 0.235. The van der Waals surface area contributed by atoms with Crippen LogP contribution in [0.3, 0.4) is 0 Å². The summed E-state index contributed by atoms with van der Waals surface area (Å²) in [6.07, 6.45) is 0. The molecule has 0 aliphatic heterocycles. The number of amides is 1. The Bertz CT molecular complexity index is 653. The first-order valence-electron chi connectivity index (χ1n) is 6.76. The van der Waals surface area contributed by atoms with Crippen LogP contribution in [0.1, 0.15) is 35.7 Å². The van der Waals surface area contributed by atoms with Crippen molar-refractivity contribution >= 4 is 11.6 Å². The van der Waals surface area contributed by atoms with Gasteiger partial charge in [-0.25, -0.2) is 4.39 Å². The van der Waals surface area contributed by atoms with Crippen LogP contribution in [-0.4, -0.2) is 13.0 Å². The average molecular weight is 287 g/mol. The number of halogens is 1. The predicted molar refractivity (Wildman–Crippen MR) is 81.4 cm³/mol. The Morgan fingerprint density at radius 1 is 1.19 bits per heavy atom. The molecule has 1 N–H and O–H groups in total. The zero-order valence-corrected chi connectivity index (χ0v) is 12.3. The summed E-state index contributed by atoms with van der Waals surface area (Å²) < 4.78 is 18.4. The van der Waals surface area contributed by atoms with E-state index >= 15 is 0 Å². The molecule has 21 heavy (non-hydrogen) atoms. The Kier molecular flexibility index (Phi) is 4.58. The van der Waals surface area contributed by atoms with Crippen LogP contribution < -0.4 is 10.1 Å². The normalized spacial score (nSPS) is 10.5.